The SMILES string of the molecule is c1nc2ccc(C3CC3)cc2s1. The van der Waals surface area contributed by atoms with Gasteiger partial charge in [-0.25, -0.2) is 4.98 Å². The third kappa shape index (κ3) is 0.950. The van der Waals surface area contributed by atoms with E-state index in [4.69, 9.17) is 0 Å². The number of hydrogen-bond acceptors (Lipinski definition) is 2. The smallest absolute Gasteiger partial charge is 0.0812 e. The van der Waals surface area contributed by atoms with Crippen molar-refractivity contribution in [1.82, 2.24) is 4.98 Å². The monoisotopic (exact) mass is 175 g/mol. The van der Waals surface area contributed by atoms with E-state index in [1.807, 2.05) is 5.51 Å². The second-order valence-electron chi connectivity index (χ2n) is 3.35. The van der Waals surface area contributed by atoms with E-state index in [0.717, 1.165) is 11.4 Å². The van der Waals surface area contributed by atoms with Crippen molar-refractivity contribution >= 4 is 21.6 Å². The Bertz CT molecular complexity index is 414. The van der Waals surface area contributed by atoms with Crippen LogP contribution in [0, 0.1) is 0 Å². The van der Waals surface area contributed by atoms with Gasteiger partial charge >= 0.3 is 0 Å². The fourth-order valence-electron chi connectivity index (χ4n) is 1.54. The maximum absolute atomic E-state index is 4.26. The number of benzene rings is 1. The topological polar surface area (TPSA) is 12.9 Å². The first-order chi connectivity index (χ1) is 5.93. The van der Waals surface area contributed by atoms with Crippen LogP contribution in [0.2, 0.25) is 0 Å². The van der Waals surface area contributed by atoms with Crippen molar-refractivity contribution in [3.63, 3.8) is 0 Å². The largest absolute Gasteiger partial charge is 0.245 e. The lowest BCUT2D eigenvalue weighted by Gasteiger charge is -1.95. The Balaban J connectivity index is 2.21. The van der Waals surface area contributed by atoms with E-state index < -0.39 is 0 Å². The summed E-state index contributed by atoms with van der Waals surface area (Å²) in [6.07, 6.45) is 2.76. The molecule has 0 amide bonds. The first-order valence-corrected chi connectivity index (χ1v) is 5.14. The van der Waals surface area contributed by atoms with Crippen LogP contribution in [-0.2, 0) is 0 Å². The molecule has 0 bridgehead atoms. The summed E-state index contributed by atoms with van der Waals surface area (Å²) in [5.74, 6) is 0.858. The molecule has 1 heterocycles. The van der Waals surface area contributed by atoms with Crippen molar-refractivity contribution in [1.29, 1.82) is 0 Å². The molecule has 2 aromatic rings. The van der Waals surface area contributed by atoms with E-state index in [2.05, 4.69) is 23.2 Å². The Morgan fingerprint density at radius 2 is 2.25 bits per heavy atom. The van der Waals surface area contributed by atoms with Crippen LogP contribution < -0.4 is 0 Å². The number of rotatable bonds is 1. The summed E-state index contributed by atoms with van der Waals surface area (Å²) in [6, 6.07) is 6.66. The van der Waals surface area contributed by atoms with Gasteiger partial charge < -0.3 is 0 Å². The van der Waals surface area contributed by atoms with E-state index in [1.54, 1.807) is 11.3 Å². The van der Waals surface area contributed by atoms with Gasteiger partial charge in [0.05, 0.1) is 15.7 Å². The Kier molecular flexibility index (Phi) is 1.27. The number of aromatic nitrogens is 1. The van der Waals surface area contributed by atoms with Crippen molar-refractivity contribution in [3.8, 4) is 0 Å². The Hall–Kier alpha value is -0.890. The molecule has 1 aliphatic rings. The van der Waals surface area contributed by atoms with Gasteiger partial charge in [-0.1, -0.05) is 6.07 Å². The van der Waals surface area contributed by atoms with Crippen molar-refractivity contribution in [2.45, 2.75) is 18.8 Å². The van der Waals surface area contributed by atoms with E-state index >= 15 is 0 Å². The van der Waals surface area contributed by atoms with Crippen molar-refractivity contribution in [2.75, 3.05) is 0 Å². The summed E-state index contributed by atoms with van der Waals surface area (Å²) in [5, 5.41) is 0. The normalized spacial score (nSPS) is 17.0. The highest BCUT2D eigenvalue weighted by molar-refractivity contribution is 7.16. The maximum Gasteiger partial charge on any atom is 0.0812 e. The minimum absolute atomic E-state index is 0.858. The third-order valence-electron chi connectivity index (χ3n) is 2.40. The fraction of sp³-hybridized carbons (Fsp3) is 0.300. The van der Waals surface area contributed by atoms with Crippen molar-refractivity contribution < 1.29 is 0 Å². The second kappa shape index (κ2) is 2.30. The quantitative estimate of drug-likeness (QED) is 0.648. The van der Waals surface area contributed by atoms with Crippen LogP contribution in [0.1, 0.15) is 24.3 Å². The summed E-state index contributed by atoms with van der Waals surface area (Å²) >= 11 is 1.74. The molecular weight excluding hydrogens is 166 g/mol. The van der Waals surface area contributed by atoms with E-state index in [1.165, 1.54) is 23.1 Å². The summed E-state index contributed by atoms with van der Waals surface area (Å²) < 4.78 is 1.33. The van der Waals surface area contributed by atoms with Crippen LogP contribution in [0.25, 0.3) is 10.2 Å². The average Bonchev–Trinajstić information content (AvgIpc) is 2.84. The van der Waals surface area contributed by atoms with Crippen LogP contribution in [-0.4, -0.2) is 4.98 Å². The first-order valence-electron chi connectivity index (χ1n) is 4.26. The second-order valence-corrected chi connectivity index (χ2v) is 4.24. The molecule has 1 nitrogen and oxygen atoms in total. The molecule has 2 heteroatoms. The maximum atomic E-state index is 4.26. The van der Waals surface area contributed by atoms with E-state index in [9.17, 15) is 0 Å². The van der Waals surface area contributed by atoms with Gasteiger partial charge in [0, 0.05) is 0 Å². The standard InChI is InChI=1S/C10H9NS/c1-2-7(1)8-3-4-9-10(5-8)12-6-11-9/h3-7H,1-2H2. The van der Waals surface area contributed by atoms with Gasteiger partial charge in [-0.15, -0.1) is 11.3 Å². The number of fused-ring (bicyclic) bond motifs is 1. The summed E-state index contributed by atoms with van der Waals surface area (Å²) in [7, 11) is 0. The molecule has 0 unspecified atom stereocenters. The Morgan fingerprint density at radius 1 is 1.33 bits per heavy atom. The molecule has 0 N–H and O–H groups in total. The minimum Gasteiger partial charge on any atom is -0.245 e. The number of nitrogens with zero attached hydrogens (tertiary/aromatic N) is 1. The lowest BCUT2D eigenvalue weighted by Crippen LogP contribution is -1.76. The lowest BCUT2D eigenvalue weighted by atomic mass is 10.1. The predicted molar refractivity (Wildman–Crippen MR) is 51.6 cm³/mol. The zero-order valence-electron chi connectivity index (χ0n) is 6.66. The zero-order chi connectivity index (χ0) is 7.97. The van der Waals surface area contributed by atoms with Crippen molar-refractivity contribution in [2.24, 2.45) is 0 Å². The van der Waals surface area contributed by atoms with Gasteiger partial charge in [-0.2, -0.15) is 0 Å². The molecule has 0 radical (unpaired) electrons. The average molecular weight is 175 g/mol. The molecular formula is C10H9NS. The highest BCUT2D eigenvalue weighted by Gasteiger charge is 2.23. The van der Waals surface area contributed by atoms with Crippen LogP contribution in [0.15, 0.2) is 23.7 Å². The van der Waals surface area contributed by atoms with Gasteiger partial charge in [0.25, 0.3) is 0 Å². The lowest BCUT2D eigenvalue weighted by molar-refractivity contribution is 1.14. The third-order valence-corrected chi connectivity index (χ3v) is 3.20. The van der Waals surface area contributed by atoms with Gasteiger partial charge in [0.1, 0.15) is 0 Å². The molecule has 0 saturated heterocycles. The molecule has 0 spiro atoms. The molecule has 60 valence electrons. The molecule has 3 rings (SSSR count). The molecule has 1 aliphatic carbocycles. The van der Waals surface area contributed by atoms with Crippen LogP contribution >= 0.6 is 11.3 Å². The molecule has 12 heavy (non-hydrogen) atoms. The molecule has 1 aromatic carbocycles. The van der Waals surface area contributed by atoms with Crippen molar-refractivity contribution in [3.05, 3.63) is 29.3 Å². The van der Waals surface area contributed by atoms with E-state index in [0.29, 0.717) is 0 Å². The van der Waals surface area contributed by atoms with E-state index in [-0.39, 0.29) is 0 Å². The van der Waals surface area contributed by atoms with Crippen LogP contribution in [0.4, 0.5) is 0 Å². The Labute approximate surface area is 75.1 Å². The Morgan fingerprint density at radius 3 is 3.08 bits per heavy atom. The molecule has 1 aromatic heterocycles. The number of thiazole rings is 1. The number of hydrogen-bond donors (Lipinski definition) is 0. The summed E-state index contributed by atoms with van der Waals surface area (Å²) in [6.45, 7) is 0. The highest BCUT2D eigenvalue weighted by atomic mass is 32.1. The molecule has 1 fully saturated rings. The summed E-state index contributed by atoms with van der Waals surface area (Å²) in [4.78, 5) is 4.26. The zero-order valence-corrected chi connectivity index (χ0v) is 7.47. The molecule has 1 saturated carbocycles. The fourth-order valence-corrected chi connectivity index (χ4v) is 2.27. The van der Waals surface area contributed by atoms with Crippen LogP contribution in [0.3, 0.4) is 0 Å². The van der Waals surface area contributed by atoms with Gasteiger partial charge in [0.2, 0.25) is 0 Å². The first kappa shape index (κ1) is 6.61. The minimum atomic E-state index is 0.858. The molecule has 0 aliphatic heterocycles. The summed E-state index contributed by atoms with van der Waals surface area (Å²) in [5.41, 5.74) is 4.57. The van der Waals surface area contributed by atoms with Gasteiger partial charge in [-0.05, 0) is 36.5 Å². The van der Waals surface area contributed by atoms with Crippen LogP contribution in [0.5, 0.6) is 0 Å². The predicted octanol–water partition coefficient (Wildman–Crippen LogP) is 3.17. The van der Waals surface area contributed by atoms with Gasteiger partial charge in [-0.3, -0.25) is 0 Å². The molecule has 0 atom stereocenters. The van der Waals surface area contributed by atoms with Gasteiger partial charge in [0.15, 0.2) is 0 Å². The highest BCUT2D eigenvalue weighted by Crippen LogP contribution is 2.41.